The Kier molecular flexibility index (Phi) is 5.71. The molecule has 0 aromatic heterocycles. The van der Waals surface area contributed by atoms with Crippen molar-refractivity contribution in [2.45, 2.75) is 25.9 Å². The summed E-state index contributed by atoms with van der Waals surface area (Å²) in [5.41, 5.74) is 1.68. The third-order valence-electron chi connectivity index (χ3n) is 3.17. The molecule has 1 aromatic carbocycles. The Morgan fingerprint density at radius 3 is 3.00 bits per heavy atom. The van der Waals surface area contributed by atoms with E-state index in [9.17, 15) is 9.59 Å². The van der Waals surface area contributed by atoms with Crippen LogP contribution < -0.4 is 16.0 Å². The Bertz CT molecular complexity index is 499. The number of carbonyl (C=O) groups is 2. The van der Waals surface area contributed by atoms with Gasteiger partial charge in [0.2, 0.25) is 11.8 Å². The van der Waals surface area contributed by atoms with Crippen molar-refractivity contribution in [2.75, 3.05) is 25.1 Å². The van der Waals surface area contributed by atoms with E-state index in [2.05, 4.69) is 16.0 Å². The highest BCUT2D eigenvalue weighted by Gasteiger charge is 2.16. The van der Waals surface area contributed by atoms with E-state index < -0.39 is 0 Å². The second-order valence-corrected chi connectivity index (χ2v) is 5.09. The van der Waals surface area contributed by atoms with Gasteiger partial charge in [0.25, 0.3) is 0 Å². The average molecular weight is 291 g/mol. The minimum atomic E-state index is -0.112. The van der Waals surface area contributed by atoms with Gasteiger partial charge in [-0.2, -0.15) is 0 Å². The van der Waals surface area contributed by atoms with Gasteiger partial charge in [-0.1, -0.05) is 12.1 Å². The zero-order chi connectivity index (χ0) is 15.1. The van der Waals surface area contributed by atoms with Crippen LogP contribution in [0, 0.1) is 0 Å². The molecule has 0 radical (unpaired) electrons. The molecule has 1 heterocycles. The van der Waals surface area contributed by atoms with Gasteiger partial charge in [-0.25, -0.2) is 0 Å². The topological polar surface area (TPSA) is 79.5 Å². The Morgan fingerprint density at radius 1 is 1.43 bits per heavy atom. The standard InChI is InChI=1S/C15H21N3O3/c1-11(19)18-13-4-2-3-12(7-13)9-17-15(20)8-14-10-21-6-5-16-14/h2-4,7,14,16H,5-6,8-10H2,1H3,(H,17,20)(H,18,19). The molecule has 1 atom stereocenters. The number of carbonyl (C=O) groups excluding carboxylic acids is 2. The summed E-state index contributed by atoms with van der Waals surface area (Å²) in [5.74, 6) is -0.123. The number of rotatable bonds is 5. The predicted molar refractivity (Wildman–Crippen MR) is 79.8 cm³/mol. The van der Waals surface area contributed by atoms with E-state index in [1.54, 1.807) is 0 Å². The zero-order valence-electron chi connectivity index (χ0n) is 12.1. The molecule has 0 spiro atoms. The number of nitrogens with one attached hydrogen (secondary N) is 3. The molecule has 3 N–H and O–H groups in total. The van der Waals surface area contributed by atoms with Crippen molar-refractivity contribution in [3.63, 3.8) is 0 Å². The van der Waals surface area contributed by atoms with Gasteiger partial charge in [0.15, 0.2) is 0 Å². The molecular formula is C15H21N3O3. The maximum Gasteiger partial charge on any atom is 0.221 e. The molecule has 2 rings (SSSR count). The van der Waals surface area contributed by atoms with Crippen molar-refractivity contribution < 1.29 is 14.3 Å². The van der Waals surface area contributed by atoms with E-state index in [0.717, 1.165) is 17.8 Å². The Labute approximate surface area is 124 Å². The molecule has 0 saturated carbocycles. The first-order chi connectivity index (χ1) is 10.1. The van der Waals surface area contributed by atoms with E-state index >= 15 is 0 Å². The van der Waals surface area contributed by atoms with Crippen LogP contribution in [0.3, 0.4) is 0 Å². The lowest BCUT2D eigenvalue weighted by molar-refractivity contribution is -0.122. The van der Waals surface area contributed by atoms with Crippen LogP contribution in [-0.4, -0.2) is 37.6 Å². The van der Waals surface area contributed by atoms with Crippen LogP contribution in [-0.2, 0) is 20.9 Å². The molecule has 6 nitrogen and oxygen atoms in total. The second kappa shape index (κ2) is 7.75. The monoisotopic (exact) mass is 291 g/mol. The van der Waals surface area contributed by atoms with Crippen molar-refractivity contribution in [3.05, 3.63) is 29.8 Å². The van der Waals surface area contributed by atoms with Gasteiger partial charge in [0.05, 0.1) is 13.2 Å². The van der Waals surface area contributed by atoms with Gasteiger partial charge in [-0.3, -0.25) is 9.59 Å². The summed E-state index contributed by atoms with van der Waals surface area (Å²) in [7, 11) is 0. The molecule has 0 aliphatic carbocycles. The largest absolute Gasteiger partial charge is 0.378 e. The SMILES string of the molecule is CC(=O)Nc1cccc(CNC(=O)CC2COCCN2)c1. The number of anilines is 1. The average Bonchev–Trinajstić information content (AvgIpc) is 2.46. The number of benzene rings is 1. The van der Waals surface area contributed by atoms with Crippen molar-refractivity contribution in [1.29, 1.82) is 0 Å². The van der Waals surface area contributed by atoms with Crippen LogP contribution in [0.25, 0.3) is 0 Å². The maximum atomic E-state index is 11.9. The third kappa shape index (κ3) is 5.53. The van der Waals surface area contributed by atoms with Gasteiger partial charge in [-0.15, -0.1) is 0 Å². The van der Waals surface area contributed by atoms with Crippen LogP contribution in [0.5, 0.6) is 0 Å². The van der Waals surface area contributed by atoms with Crippen LogP contribution in [0.2, 0.25) is 0 Å². The zero-order valence-corrected chi connectivity index (χ0v) is 12.1. The highest BCUT2D eigenvalue weighted by atomic mass is 16.5. The van der Waals surface area contributed by atoms with Crippen molar-refractivity contribution >= 4 is 17.5 Å². The predicted octanol–water partition coefficient (Wildman–Crippen LogP) is 0.640. The normalized spacial score (nSPS) is 18.0. The van der Waals surface area contributed by atoms with Gasteiger partial charge >= 0.3 is 0 Å². The molecule has 1 aliphatic heterocycles. The molecular weight excluding hydrogens is 270 g/mol. The summed E-state index contributed by atoms with van der Waals surface area (Å²) in [6.45, 7) is 3.98. The van der Waals surface area contributed by atoms with Gasteiger partial charge in [0, 0.05) is 38.2 Å². The Morgan fingerprint density at radius 2 is 2.29 bits per heavy atom. The Balaban J connectivity index is 1.79. The van der Waals surface area contributed by atoms with Crippen LogP contribution in [0.15, 0.2) is 24.3 Å². The molecule has 6 heteroatoms. The molecule has 21 heavy (non-hydrogen) atoms. The number of amides is 2. The molecule has 1 fully saturated rings. The van der Waals surface area contributed by atoms with E-state index in [0.29, 0.717) is 26.2 Å². The first-order valence-corrected chi connectivity index (χ1v) is 7.08. The molecule has 114 valence electrons. The fourth-order valence-electron chi connectivity index (χ4n) is 2.21. The van der Waals surface area contributed by atoms with Gasteiger partial charge in [-0.05, 0) is 17.7 Å². The minimum Gasteiger partial charge on any atom is -0.378 e. The number of ether oxygens (including phenoxy) is 1. The van der Waals surface area contributed by atoms with E-state index in [-0.39, 0.29) is 17.9 Å². The summed E-state index contributed by atoms with van der Waals surface area (Å²) in [6.07, 6.45) is 0.408. The lowest BCUT2D eigenvalue weighted by Gasteiger charge is -2.23. The van der Waals surface area contributed by atoms with Crippen LogP contribution >= 0.6 is 0 Å². The molecule has 1 unspecified atom stereocenters. The van der Waals surface area contributed by atoms with Gasteiger partial charge in [0.1, 0.15) is 0 Å². The summed E-state index contributed by atoms with van der Waals surface area (Å²) in [5, 5.41) is 8.85. The van der Waals surface area contributed by atoms with E-state index in [1.165, 1.54) is 6.92 Å². The van der Waals surface area contributed by atoms with E-state index in [4.69, 9.17) is 4.74 Å². The number of hydrogen-bond acceptors (Lipinski definition) is 4. The highest BCUT2D eigenvalue weighted by molar-refractivity contribution is 5.88. The number of hydrogen-bond donors (Lipinski definition) is 3. The van der Waals surface area contributed by atoms with Crippen molar-refractivity contribution in [1.82, 2.24) is 10.6 Å². The summed E-state index contributed by atoms with van der Waals surface area (Å²) >= 11 is 0. The lowest BCUT2D eigenvalue weighted by atomic mass is 10.1. The first-order valence-electron chi connectivity index (χ1n) is 7.08. The first kappa shape index (κ1) is 15.5. The Hall–Kier alpha value is -1.92. The van der Waals surface area contributed by atoms with Gasteiger partial charge < -0.3 is 20.7 Å². The van der Waals surface area contributed by atoms with Crippen molar-refractivity contribution in [2.24, 2.45) is 0 Å². The minimum absolute atomic E-state index is 0.0112. The summed E-state index contributed by atoms with van der Waals surface area (Å²) in [4.78, 5) is 22.9. The summed E-state index contributed by atoms with van der Waals surface area (Å²) < 4.78 is 5.32. The van der Waals surface area contributed by atoms with E-state index in [1.807, 2.05) is 24.3 Å². The smallest absolute Gasteiger partial charge is 0.221 e. The lowest BCUT2D eigenvalue weighted by Crippen LogP contribution is -2.44. The molecule has 0 bridgehead atoms. The van der Waals surface area contributed by atoms with Crippen molar-refractivity contribution in [3.8, 4) is 0 Å². The quantitative estimate of drug-likeness (QED) is 0.744. The fourth-order valence-corrected chi connectivity index (χ4v) is 2.21. The third-order valence-corrected chi connectivity index (χ3v) is 3.17. The molecule has 1 saturated heterocycles. The number of morpholine rings is 1. The highest BCUT2D eigenvalue weighted by Crippen LogP contribution is 2.10. The fraction of sp³-hybridized carbons (Fsp3) is 0.467. The molecule has 1 aliphatic rings. The second-order valence-electron chi connectivity index (χ2n) is 5.09. The van der Waals surface area contributed by atoms with Crippen LogP contribution in [0.1, 0.15) is 18.9 Å². The molecule has 1 aromatic rings. The molecule has 2 amide bonds. The van der Waals surface area contributed by atoms with Crippen LogP contribution in [0.4, 0.5) is 5.69 Å². The maximum absolute atomic E-state index is 11.9. The summed E-state index contributed by atoms with van der Waals surface area (Å²) in [6, 6.07) is 7.51.